The Morgan fingerprint density at radius 2 is 1.14 bits per heavy atom. The summed E-state index contributed by atoms with van der Waals surface area (Å²) in [5.41, 5.74) is 0.287. The van der Waals surface area contributed by atoms with Gasteiger partial charge >= 0.3 is 0 Å². The fourth-order valence-electron chi connectivity index (χ4n) is 3.57. The van der Waals surface area contributed by atoms with E-state index in [0.29, 0.717) is 10.9 Å². The number of halogens is 1. The number of hydrogen-bond donors (Lipinski definition) is 2. The molecule has 3 nitrogen and oxygen atoms in total. The summed E-state index contributed by atoms with van der Waals surface area (Å²) in [7, 11) is 0. The van der Waals surface area contributed by atoms with Crippen molar-refractivity contribution < 1.29 is 15.0 Å². The lowest BCUT2D eigenvalue weighted by Gasteiger charge is -2.06. The lowest BCUT2D eigenvalue weighted by molar-refractivity contribution is 0.0976. The average Bonchev–Trinajstić information content (AvgIpc) is 2.67. The zero-order chi connectivity index (χ0) is 20.6. The van der Waals surface area contributed by atoms with E-state index in [9.17, 15) is 15.0 Å². The lowest BCUT2D eigenvalue weighted by atomic mass is 10.0. The van der Waals surface area contributed by atoms with Gasteiger partial charge in [0.25, 0.3) is 0 Å². The Balaban J connectivity index is 1.94. The number of phenolic OH excluding ortho intramolecular Hbond substituents is 2. The Hall–Kier alpha value is -1.03. The first-order valence-corrected chi connectivity index (χ1v) is 12.1. The molecule has 0 fully saturated rings. The van der Waals surface area contributed by atoms with E-state index in [1.165, 1.54) is 95.6 Å². The first-order valence-electron chi connectivity index (χ1n) is 11.3. The topological polar surface area (TPSA) is 57.5 Å². The molecule has 0 saturated carbocycles. The van der Waals surface area contributed by atoms with Crippen molar-refractivity contribution in [3.05, 3.63) is 22.2 Å². The summed E-state index contributed by atoms with van der Waals surface area (Å²) in [6.45, 7) is 2.27. The Bertz CT molecular complexity index is 557. The van der Waals surface area contributed by atoms with Crippen LogP contribution in [0.4, 0.5) is 0 Å². The molecule has 0 spiro atoms. The number of rotatable bonds is 17. The highest BCUT2D eigenvalue weighted by molar-refractivity contribution is 9.10. The Kier molecular flexibility index (Phi) is 14.1. The highest BCUT2D eigenvalue weighted by atomic mass is 79.9. The summed E-state index contributed by atoms with van der Waals surface area (Å²) in [4.78, 5) is 12.2. The van der Waals surface area contributed by atoms with Gasteiger partial charge in [-0.3, -0.25) is 4.79 Å². The van der Waals surface area contributed by atoms with Gasteiger partial charge in [-0.15, -0.1) is 0 Å². The van der Waals surface area contributed by atoms with E-state index in [0.717, 1.165) is 12.8 Å². The quantitative estimate of drug-likeness (QED) is 0.183. The second-order valence-electron chi connectivity index (χ2n) is 7.94. The zero-order valence-corrected chi connectivity index (χ0v) is 19.2. The number of carbonyl (C=O) groups excluding carboxylic acids is 1. The number of benzene rings is 1. The molecule has 0 radical (unpaired) electrons. The van der Waals surface area contributed by atoms with Crippen molar-refractivity contribution in [1.29, 1.82) is 0 Å². The van der Waals surface area contributed by atoms with Gasteiger partial charge < -0.3 is 10.2 Å². The third-order valence-corrected chi connectivity index (χ3v) is 6.01. The fraction of sp³-hybridized carbons (Fsp3) is 0.708. The molecule has 0 saturated heterocycles. The van der Waals surface area contributed by atoms with E-state index in [2.05, 4.69) is 22.9 Å². The van der Waals surface area contributed by atoms with Gasteiger partial charge in [-0.1, -0.05) is 96.8 Å². The third kappa shape index (κ3) is 11.1. The van der Waals surface area contributed by atoms with Crippen LogP contribution in [-0.2, 0) is 0 Å². The van der Waals surface area contributed by atoms with Gasteiger partial charge in [0.2, 0.25) is 0 Å². The van der Waals surface area contributed by atoms with Crippen molar-refractivity contribution in [1.82, 2.24) is 0 Å². The zero-order valence-electron chi connectivity index (χ0n) is 17.6. The molecule has 0 aliphatic carbocycles. The van der Waals surface area contributed by atoms with Crippen molar-refractivity contribution in [3.8, 4) is 11.5 Å². The van der Waals surface area contributed by atoms with Crippen LogP contribution < -0.4 is 0 Å². The molecule has 0 aliphatic rings. The molecule has 1 aromatic carbocycles. The van der Waals surface area contributed by atoms with E-state index >= 15 is 0 Å². The molecule has 1 aromatic rings. The Morgan fingerprint density at radius 3 is 1.61 bits per heavy atom. The molecule has 0 aromatic heterocycles. The predicted molar refractivity (Wildman–Crippen MR) is 121 cm³/mol. The molecule has 0 amide bonds. The SMILES string of the molecule is CCCCCCCCCCCCCCCCCC(=O)c1cc(Br)c(O)cc1O. The van der Waals surface area contributed by atoms with Crippen LogP contribution in [0.1, 0.15) is 120 Å². The summed E-state index contributed by atoms with van der Waals surface area (Å²) in [6, 6.07) is 2.71. The van der Waals surface area contributed by atoms with Crippen LogP contribution in [0.15, 0.2) is 16.6 Å². The van der Waals surface area contributed by atoms with Gasteiger partial charge in [-0.05, 0) is 28.4 Å². The highest BCUT2D eigenvalue weighted by Gasteiger charge is 2.13. The number of ketones is 1. The first-order chi connectivity index (χ1) is 13.6. The number of aromatic hydroxyl groups is 2. The number of hydrogen-bond acceptors (Lipinski definition) is 3. The maximum atomic E-state index is 12.2. The standard InChI is InChI=1S/C24H39BrO3/c1-2-3-4-5-6-7-8-9-10-11-12-13-14-15-16-17-22(26)20-18-21(25)24(28)19-23(20)27/h18-19,27-28H,2-17H2,1H3. The van der Waals surface area contributed by atoms with Crippen molar-refractivity contribution >= 4 is 21.7 Å². The van der Waals surface area contributed by atoms with E-state index in [4.69, 9.17) is 0 Å². The summed E-state index contributed by atoms with van der Waals surface area (Å²) >= 11 is 3.18. The molecule has 4 heteroatoms. The maximum Gasteiger partial charge on any atom is 0.166 e. The van der Waals surface area contributed by atoms with Crippen molar-refractivity contribution in [2.24, 2.45) is 0 Å². The fourth-order valence-corrected chi connectivity index (χ4v) is 3.91. The minimum atomic E-state index is -0.147. The molecule has 1 rings (SSSR count). The van der Waals surface area contributed by atoms with Gasteiger partial charge in [-0.2, -0.15) is 0 Å². The largest absolute Gasteiger partial charge is 0.507 e. The van der Waals surface area contributed by atoms with E-state index in [-0.39, 0.29) is 22.8 Å². The van der Waals surface area contributed by atoms with Gasteiger partial charge in [0.1, 0.15) is 11.5 Å². The Labute approximate surface area is 180 Å². The predicted octanol–water partition coefficient (Wildman–Crippen LogP) is 8.30. The number of Topliss-reactive ketones (excluding diaryl/α,β-unsaturated/α-hetero) is 1. The molecule has 28 heavy (non-hydrogen) atoms. The van der Waals surface area contributed by atoms with Gasteiger partial charge in [0.05, 0.1) is 10.0 Å². The molecule has 0 bridgehead atoms. The second kappa shape index (κ2) is 15.8. The molecule has 0 heterocycles. The molecule has 0 unspecified atom stereocenters. The second-order valence-corrected chi connectivity index (χ2v) is 8.80. The van der Waals surface area contributed by atoms with Crippen LogP contribution in [0.2, 0.25) is 0 Å². The van der Waals surface area contributed by atoms with Crippen LogP contribution in [0.5, 0.6) is 11.5 Å². The minimum absolute atomic E-state index is 0.0546. The maximum absolute atomic E-state index is 12.2. The van der Waals surface area contributed by atoms with Crippen molar-refractivity contribution in [2.75, 3.05) is 0 Å². The number of phenols is 2. The minimum Gasteiger partial charge on any atom is -0.507 e. The van der Waals surface area contributed by atoms with Crippen LogP contribution in [0.25, 0.3) is 0 Å². The first kappa shape index (κ1) is 25.0. The molecule has 160 valence electrons. The summed E-state index contributed by atoms with van der Waals surface area (Å²) in [5.74, 6) is -0.263. The molecule has 0 atom stereocenters. The summed E-state index contributed by atoms with van der Waals surface area (Å²) in [5, 5.41) is 19.3. The summed E-state index contributed by atoms with van der Waals surface area (Å²) in [6.07, 6.45) is 19.9. The monoisotopic (exact) mass is 454 g/mol. The Morgan fingerprint density at radius 1 is 0.714 bits per heavy atom. The van der Waals surface area contributed by atoms with E-state index < -0.39 is 0 Å². The van der Waals surface area contributed by atoms with Gasteiger partial charge in [0.15, 0.2) is 5.78 Å². The van der Waals surface area contributed by atoms with Gasteiger partial charge in [-0.25, -0.2) is 0 Å². The van der Waals surface area contributed by atoms with E-state index in [1.807, 2.05) is 0 Å². The van der Waals surface area contributed by atoms with Crippen LogP contribution in [0, 0.1) is 0 Å². The molecule has 0 aliphatic heterocycles. The van der Waals surface area contributed by atoms with Gasteiger partial charge in [0, 0.05) is 12.5 Å². The average molecular weight is 455 g/mol. The molecular formula is C24H39BrO3. The molecule has 2 N–H and O–H groups in total. The normalized spacial score (nSPS) is 11.1. The van der Waals surface area contributed by atoms with Crippen molar-refractivity contribution in [3.63, 3.8) is 0 Å². The highest BCUT2D eigenvalue weighted by Crippen LogP contribution is 2.32. The number of unbranched alkanes of at least 4 members (excludes halogenated alkanes) is 14. The number of carbonyl (C=O) groups is 1. The lowest BCUT2D eigenvalue weighted by Crippen LogP contribution is -1.99. The third-order valence-electron chi connectivity index (χ3n) is 5.37. The summed E-state index contributed by atoms with van der Waals surface area (Å²) < 4.78 is 0.435. The van der Waals surface area contributed by atoms with E-state index in [1.54, 1.807) is 0 Å². The smallest absolute Gasteiger partial charge is 0.166 e. The van der Waals surface area contributed by atoms with Crippen molar-refractivity contribution in [2.45, 2.75) is 110 Å². The van der Waals surface area contributed by atoms with Crippen LogP contribution in [0.3, 0.4) is 0 Å². The molecular weight excluding hydrogens is 416 g/mol. The van der Waals surface area contributed by atoms with Crippen LogP contribution >= 0.6 is 15.9 Å². The van der Waals surface area contributed by atoms with Crippen LogP contribution in [-0.4, -0.2) is 16.0 Å².